The van der Waals surface area contributed by atoms with Crippen molar-refractivity contribution in [3.8, 4) is 0 Å². The summed E-state index contributed by atoms with van der Waals surface area (Å²) in [4.78, 5) is 22.7. The quantitative estimate of drug-likeness (QED) is 0.825. The zero-order chi connectivity index (χ0) is 16.4. The van der Waals surface area contributed by atoms with Gasteiger partial charge < -0.3 is 14.4 Å². The minimum atomic E-state index is -0.0614. The Balaban J connectivity index is 1.46. The van der Waals surface area contributed by atoms with Crippen molar-refractivity contribution in [2.24, 2.45) is 11.3 Å². The topological polar surface area (TPSA) is 64.6 Å². The fourth-order valence-corrected chi connectivity index (χ4v) is 3.97. The lowest BCUT2D eigenvalue weighted by molar-refractivity contribution is -0.147. The molecule has 2 aliphatic heterocycles. The highest BCUT2D eigenvalue weighted by molar-refractivity contribution is 5.92. The Kier molecular flexibility index (Phi) is 4.50. The van der Waals surface area contributed by atoms with E-state index in [4.69, 9.17) is 9.47 Å². The third-order valence-electron chi connectivity index (χ3n) is 5.52. The minimum Gasteiger partial charge on any atom is -0.380 e. The molecule has 1 aromatic rings. The molecule has 2 atom stereocenters. The van der Waals surface area contributed by atoms with Crippen molar-refractivity contribution in [2.75, 3.05) is 32.9 Å². The summed E-state index contributed by atoms with van der Waals surface area (Å²) in [6.07, 6.45) is 8.83. The Hall–Kier alpha value is -1.53. The molecule has 1 saturated carbocycles. The van der Waals surface area contributed by atoms with Gasteiger partial charge in [-0.1, -0.05) is 0 Å². The smallest absolute Gasteiger partial charge is 0.272 e. The molecule has 3 fully saturated rings. The summed E-state index contributed by atoms with van der Waals surface area (Å²) in [5, 5.41) is 0. The maximum Gasteiger partial charge on any atom is 0.272 e. The molecule has 0 radical (unpaired) electrons. The van der Waals surface area contributed by atoms with Crippen LogP contribution in [0.2, 0.25) is 0 Å². The number of fused-ring (bicyclic) bond motifs is 1. The van der Waals surface area contributed by atoms with Gasteiger partial charge in [0.1, 0.15) is 12.0 Å². The molecule has 0 aromatic carbocycles. The molecule has 1 aliphatic carbocycles. The summed E-state index contributed by atoms with van der Waals surface area (Å²) in [6, 6.07) is 1.68. The maximum atomic E-state index is 12.8. The average Bonchev–Trinajstić information content (AvgIpc) is 3.45. The summed E-state index contributed by atoms with van der Waals surface area (Å²) in [6.45, 7) is 3.80. The molecule has 2 saturated heterocycles. The van der Waals surface area contributed by atoms with Crippen molar-refractivity contribution >= 4 is 5.91 Å². The predicted octanol–water partition coefficient (Wildman–Crippen LogP) is 1.91. The maximum absolute atomic E-state index is 12.8. The number of aromatic nitrogens is 2. The number of nitrogens with zero attached hydrogens (tertiary/aromatic N) is 3. The first kappa shape index (κ1) is 16.0. The van der Waals surface area contributed by atoms with E-state index >= 15 is 0 Å². The zero-order valence-corrected chi connectivity index (χ0v) is 14.0. The highest BCUT2D eigenvalue weighted by Gasteiger charge is 2.47. The van der Waals surface area contributed by atoms with Crippen molar-refractivity contribution in [1.82, 2.24) is 14.9 Å². The molecule has 6 nitrogen and oxygen atoms in total. The van der Waals surface area contributed by atoms with Gasteiger partial charge in [-0.15, -0.1) is 0 Å². The zero-order valence-electron chi connectivity index (χ0n) is 14.0. The van der Waals surface area contributed by atoms with E-state index < -0.39 is 0 Å². The van der Waals surface area contributed by atoms with Crippen LogP contribution in [0, 0.1) is 11.3 Å². The number of piperidine rings is 1. The molecule has 130 valence electrons. The third kappa shape index (κ3) is 3.30. The fourth-order valence-electron chi connectivity index (χ4n) is 3.97. The van der Waals surface area contributed by atoms with Gasteiger partial charge >= 0.3 is 0 Å². The van der Waals surface area contributed by atoms with Crippen LogP contribution in [0.5, 0.6) is 0 Å². The Bertz CT molecular complexity index is 578. The molecule has 1 aromatic heterocycles. The Morgan fingerprint density at radius 2 is 2.33 bits per heavy atom. The number of hydrogen-bond donors (Lipinski definition) is 0. The van der Waals surface area contributed by atoms with E-state index in [9.17, 15) is 4.79 Å². The number of likely N-dealkylation sites (tertiary alicyclic amines) is 1. The van der Waals surface area contributed by atoms with E-state index in [0.29, 0.717) is 18.8 Å². The molecule has 4 rings (SSSR count). The Morgan fingerprint density at radius 3 is 3.12 bits per heavy atom. The number of hydrogen-bond acceptors (Lipinski definition) is 5. The second kappa shape index (κ2) is 6.76. The van der Waals surface area contributed by atoms with Crippen molar-refractivity contribution in [1.29, 1.82) is 0 Å². The summed E-state index contributed by atoms with van der Waals surface area (Å²) in [7, 11) is 0. The molecule has 0 spiro atoms. The minimum absolute atomic E-state index is 0.0111. The second-order valence-corrected chi connectivity index (χ2v) is 7.39. The van der Waals surface area contributed by atoms with Crippen molar-refractivity contribution in [2.45, 2.75) is 38.2 Å². The van der Waals surface area contributed by atoms with Gasteiger partial charge in [0, 0.05) is 37.9 Å². The first-order valence-corrected chi connectivity index (χ1v) is 9.01. The average molecular weight is 331 g/mol. The molecule has 0 N–H and O–H groups in total. The summed E-state index contributed by atoms with van der Waals surface area (Å²) >= 11 is 0. The Labute approximate surface area is 142 Å². The van der Waals surface area contributed by atoms with E-state index in [1.807, 2.05) is 4.90 Å². The predicted molar refractivity (Wildman–Crippen MR) is 87.5 cm³/mol. The fraction of sp³-hybridized carbons (Fsp3) is 0.722. The van der Waals surface area contributed by atoms with E-state index in [1.165, 1.54) is 19.2 Å². The highest BCUT2D eigenvalue weighted by atomic mass is 16.5. The molecule has 0 unspecified atom stereocenters. The van der Waals surface area contributed by atoms with Crippen LogP contribution in [-0.4, -0.2) is 59.8 Å². The standard InChI is InChI=1S/C18H25N3O3/c22-17(15-4-7-19-13-20-15)21-8-5-16-18(11-21,6-1-9-24-16)12-23-10-14-2-3-14/h4,7,13-14,16H,1-3,5-6,8-12H2/t16-,18-/m1/s1. The van der Waals surface area contributed by atoms with Gasteiger partial charge in [-0.2, -0.15) is 0 Å². The number of carbonyl (C=O) groups excluding carboxylic acids is 1. The van der Waals surface area contributed by atoms with E-state index in [-0.39, 0.29) is 17.4 Å². The van der Waals surface area contributed by atoms with E-state index in [2.05, 4.69) is 9.97 Å². The first-order chi connectivity index (χ1) is 11.8. The Morgan fingerprint density at radius 1 is 1.42 bits per heavy atom. The molecule has 3 heterocycles. The van der Waals surface area contributed by atoms with E-state index in [0.717, 1.165) is 44.9 Å². The first-order valence-electron chi connectivity index (χ1n) is 9.01. The van der Waals surface area contributed by atoms with Gasteiger partial charge in [-0.25, -0.2) is 9.97 Å². The van der Waals surface area contributed by atoms with Gasteiger partial charge in [-0.3, -0.25) is 4.79 Å². The monoisotopic (exact) mass is 331 g/mol. The van der Waals surface area contributed by atoms with Crippen molar-refractivity contribution < 1.29 is 14.3 Å². The van der Waals surface area contributed by atoms with Gasteiger partial charge in [0.15, 0.2) is 0 Å². The SMILES string of the molecule is O=C(c1ccncn1)N1CC[C@H]2OCCC[C@]2(COCC2CC2)C1. The molecule has 24 heavy (non-hydrogen) atoms. The van der Waals surface area contributed by atoms with Crippen LogP contribution >= 0.6 is 0 Å². The largest absolute Gasteiger partial charge is 0.380 e. The van der Waals surface area contributed by atoms with Crippen LogP contribution in [0.15, 0.2) is 18.6 Å². The van der Waals surface area contributed by atoms with Crippen molar-refractivity contribution in [3.63, 3.8) is 0 Å². The molecule has 0 bridgehead atoms. The molecule has 6 heteroatoms. The molecule has 1 amide bonds. The third-order valence-corrected chi connectivity index (χ3v) is 5.52. The summed E-state index contributed by atoms with van der Waals surface area (Å²) in [5.41, 5.74) is 0.405. The van der Waals surface area contributed by atoms with Crippen LogP contribution in [0.4, 0.5) is 0 Å². The van der Waals surface area contributed by atoms with Crippen LogP contribution in [0.3, 0.4) is 0 Å². The normalized spacial score (nSPS) is 30.0. The van der Waals surface area contributed by atoms with Gasteiger partial charge in [0.05, 0.1) is 12.7 Å². The van der Waals surface area contributed by atoms with Crippen LogP contribution in [-0.2, 0) is 9.47 Å². The number of amides is 1. The number of carbonyl (C=O) groups is 1. The lowest BCUT2D eigenvalue weighted by Crippen LogP contribution is -2.58. The van der Waals surface area contributed by atoms with Crippen LogP contribution < -0.4 is 0 Å². The van der Waals surface area contributed by atoms with Gasteiger partial charge in [-0.05, 0) is 44.1 Å². The van der Waals surface area contributed by atoms with Gasteiger partial charge in [0.25, 0.3) is 5.91 Å². The highest BCUT2D eigenvalue weighted by Crippen LogP contribution is 2.41. The lowest BCUT2D eigenvalue weighted by atomic mass is 9.73. The molecular formula is C18H25N3O3. The van der Waals surface area contributed by atoms with E-state index in [1.54, 1.807) is 12.3 Å². The molecular weight excluding hydrogens is 306 g/mol. The van der Waals surface area contributed by atoms with Crippen LogP contribution in [0.25, 0.3) is 0 Å². The molecule has 3 aliphatic rings. The number of rotatable bonds is 5. The summed E-state index contributed by atoms with van der Waals surface area (Å²) < 4.78 is 12.1. The number of ether oxygens (including phenoxy) is 2. The second-order valence-electron chi connectivity index (χ2n) is 7.39. The van der Waals surface area contributed by atoms with Crippen molar-refractivity contribution in [3.05, 3.63) is 24.3 Å². The lowest BCUT2D eigenvalue weighted by Gasteiger charge is -2.50. The van der Waals surface area contributed by atoms with Crippen LogP contribution in [0.1, 0.15) is 42.6 Å². The summed E-state index contributed by atoms with van der Waals surface area (Å²) in [5.74, 6) is 0.745. The van der Waals surface area contributed by atoms with Gasteiger partial charge in [0.2, 0.25) is 0 Å².